The lowest BCUT2D eigenvalue weighted by molar-refractivity contribution is -0.128. The Morgan fingerprint density at radius 2 is 2.27 bits per heavy atom. The van der Waals surface area contributed by atoms with Crippen LogP contribution >= 0.6 is 0 Å². The molecular formula is C15H15N5O5S. The molecule has 2 heterocycles. The number of amides is 1. The quantitative estimate of drug-likeness (QED) is 0.314. The highest BCUT2D eigenvalue weighted by molar-refractivity contribution is 7.86. The van der Waals surface area contributed by atoms with Crippen LogP contribution in [-0.2, 0) is 23.8 Å². The van der Waals surface area contributed by atoms with Gasteiger partial charge in [0.05, 0.1) is 11.9 Å². The summed E-state index contributed by atoms with van der Waals surface area (Å²) in [4.78, 5) is 15.8. The van der Waals surface area contributed by atoms with E-state index < -0.39 is 33.7 Å². The van der Waals surface area contributed by atoms with Crippen molar-refractivity contribution in [3.8, 4) is 6.07 Å². The van der Waals surface area contributed by atoms with Gasteiger partial charge in [-0.1, -0.05) is 6.08 Å². The molecule has 1 aromatic heterocycles. The zero-order valence-corrected chi connectivity index (χ0v) is 14.4. The molecule has 26 heavy (non-hydrogen) atoms. The number of hydrogen-bond donors (Lipinski definition) is 2. The molecule has 0 spiro atoms. The average molecular weight is 377 g/mol. The average Bonchev–Trinajstić information content (AvgIpc) is 3.01. The zero-order chi connectivity index (χ0) is 19.1. The Labute approximate surface area is 149 Å². The van der Waals surface area contributed by atoms with Gasteiger partial charge in [-0.15, -0.1) is 0 Å². The zero-order valence-electron chi connectivity index (χ0n) is 13.6. The Hall–Kier alpha value is -3.10. The van der Waals surface area contributed by atoms with Crippen molar-refractivity contribution in [2.24, 2.45) is 16.5 Å². The number of fused-ring (bicyclic) bond motifs is 2. The molecule has 0 saturated carbocycles. The highest BCUT2D eigenvalue weighted by atomic mass is 32.2. The number of guanidine groups is 1. The lowest BCUT2D eigenvalue weighted by Crippen LogP contribution is -2.40. The maximum absolute atomic E-state index is 12.3. The Morgan fingerprint density at radius 1 is 1.54 bits per heavy atom. The number of nitrogens with two attached hydrogens (primary N) is 2. The molecule has 11 heteroatoms. The first-order valence-electron chi connectivity index (χ1n) is 7.38. The van der Waals surface area contributed by atoms with Crippen LogP contribution in [0.3, 0.4) is 0 Å². The molecule has 1 aliphatic heterocycles. The Balaban J connectivity index is 2.16. The first kappa shape index (κ1) is 17.7. The van der Waals surface area contributed by atoms with Gasteiger partial charge in [0.25, 0.3) is 16.0 Å². The lowest BCUT2D eigenvalue weighted by Gasteiger charge is -2.36. The molecule has 10 nitrogen and oxygen atoms in total. The van der Waals surface area contributed by atoms with Crippen molar-refractivity contribution >= 4 is 27.7 Å². The van der Waals surface area contributed by atoms with E-state index in [-0.39, 0.29) is 17.9 Å². The first-order chi connectivity index (χ1) is 12.2. The van der Waals surface area contributed by atoms with Crippen molar-refractivity contribution in [1.82, 2.24) is 4.57 Å². The minimum atomic E-state index is -3.97. The smallest absolute Gasteiger partial charge is 0.296 e. The van der Waals surface area contributed by atoms with Crippen molar-refractivity contribution in [2.45, 2.75) is 18.1 Å². The maximum Gasteiger partial charge on any atom is 0.296 e. The van der Waals surface area contributed by atoms with Crippen molar-refractivity contribution in [2.75, 3.05) is 6.26 Å². The van der Waals surface area contributed by atoms with E-state index in [0.717, 1.165) is 6.26 Å². The number of carbonyl (C=O) groups is 1. The van der Waals surface area contributed by atoms with Gasteiger partial charge >= 0.3 is 0 Å². The molecule has 1 aromatic rings. The second-order valence-electron chi connectivity index (χ2n) is 5.69. The van der Waals surface area contributed by atoms with E-state index in [2.05, 4.69) is 4.99 Å². The third-order valence-electron chi connectivity index (χ3n) is 3.73. The number of nitriles is 1. The van der Waals surface area contributed by atoms with E-state index in [1.54, 1.807) is 18.3 Å². The third kappa shape index (κ3) is 2.96. The number of ether oxygens (including phenoxy) is 1. The molecule has 2 aliphatic rings. The fourth-order valence-electron chi connectivity index (χ4n) is 2.92. The molecule has 2 atom stereocenters. The van der Waals surface area contributed by atoms with Gasteiger partial charge in [0, 0.05) is 12.6 Å². The largest absolute Gasteiger partial charge is 0.476 e. The van der Waals surface area contributed by atoms with Crippen molar-refractivity contribution in [3.05, 3.63) is 41.9 Å². The molecule has 1 amide bonds. The van der Waals surface area contributed by atoms with Gasteiger partial charge in [-0.05, 0) is 18.2 Å². The SMILES string of the molecule is CS(=O)(=O)OC1(C#N)C=CCC2=C1n1cccc1C(C(=O)N=C(N)N)O2. The van der Waals surface area contributed by atoms with E-state index in [1.807, 2.05) is 6.07 Å². The second-order valence-corrected chi connectivity index (χ2v) is 7.26. The summed E-state index contributed by atoms with van der Waals surface area (Å²) in [5.74, 6) is -0.921. The van der Waals surface area contributed by atoms with Crippen LogP contribution in [0.15, 0.2) is 41.2 Å². The summed E-state index contributed by atoms with van der Waals surface area (Å²) >= 11 is 0. The minimum absolute atomic E-state index is 0.168. The summed E-state index contributed by atoms with van der Waals surface area (Å²) in [7, 11) is -3.97. The summed E-state index contributed by atoms with van der Waals surface area (Å²) in [5.41, 5.74) is 9.09. The van der Waals surface area contributed by atoms with Gasteiger partial charge in [-0.2, -0.15) is 18.7 Å². The van der Waals surface area contributed by atoms with Crippen molar-refractivity contribution in [1.29, 1.82) is 5.26 Å². The predicted molar refractivity (Wildman–Crippen MR) is 90.3 cm³/mol. The maximum atomic E-state index is 12.3. The van der Waals surface area contributed by atoms with Crippen LogP contribution in [0.1, 0.15) is 18.2 Å². The van der Waals surface area contributed by atoms with Gasteiger partial charge in [0.1, 0.15) is 17.5 Å². The van der Waals surface area contributed by atoms with E-state index in [1.165, 1.54) is 16.7 Å². The van der Waals surface area contributed by atoms with Gasteiger partial charge in [-0.25, -0.2) is 4.18 Å². The van der Waals surface area contributed by atoms with Gasteiger partial charge in [0.15, 0.2) is 5.96 Å². The molecule has 0 bridgehead atoms. The standard InChI is InChI=1S/C15H15N5O5S/c1-26(22,23)25-15(8-16)6-2-5-10-12(15)20-7-3-4-9(20)11(24-10)13(21)19-14(17)18/h2-4,6-7,11H,5H2,1H3,(H4,17,18,19,21). The second kappa shape index (κ2) is 6.01. The molecular weight excluding hydrogens is 362 g/mol. The fourth-order valence-corrected chi connectivity index (χ4v) is 3.57. The lowest BCUT2D eigenvalue weighted by atomic mass is 9.92. The van der Waals surface area contributed by atoms with Crippen molar-refractivity contribution < 1.29 is 22.1 Å². The molecule has 0 fully saturated rings. The summed E-state index contributed by atoms with van der Waals surface area (Å²) in [5, 5.41) is 9.69. The fraction of sp³-hybridized carbons (Fsp3) is 0.267. The van der Waals surface area contributed by atoms with Crippen LogP contribution in [0, 0.1) is 11.3 Å². The normalized spacial score (nSPS) is 24.1. The predicted octanol–water partition coefficient (Wildman–Crippen LogP) is -0.274. The summed E-state index contributed by atoms with van der Waals surface area (Å²) < 4.78 is 35.7. The number of aliphatic imine (C=N–C) groups is 1. The number of allylic oxidation sites excluding steroid dienone is 1. The number of carbonyl (C=O) groups excluding carboxylic acids is 1. The monoisotopic (exact) mass is 377 g/mol. The molecule has 4 N–H and O–H groups in total. The molecule has 0 saturated heterocycles. The minimum Gasteiger partial charge on any atom is -0.476 e. The van der Waals surface area contributed by atoms with Gasteiger partial charge in [0.2, 0.25) is 11.7 Å². The summed E-state index contributed by atoms with van der Waals surface area (Å²) in [6.45, 7) is 0. The number of rotatable bonds is 3. The van der Waals surface area contributed by atoms with Crippen LogP contribution in [0.4, 0.5) is 0 Å². The molecule has 1 aliphatic carbocycles. The highest BCUT2D eigenvalue weighted by Crippen LogP contribution is 2.43. The number of nitrogens with zero attached hydrogens (tertiary/aromatic N) is 3. The Kier molecular flexibility index (Phi) is 4.09. The summed E-state index contributed by atoms with van der Waals surface area (Å²) in [6, 6.07) is 5.08. The van der Waals surface area contributed by atoms with Crippen LogP contribution in [0.5, 0.6) is 0 Å². The van der Waals surface area contributed by atoms with E-state index >= 15 is 0 Å². The van der Waals surface area contributed by atoms with E-state index in [9.17, 15) is 18.5 Å². The van der Waals surface area contributed by atoms with Crippen LogP contribution in [-0.4, -0.2) is 36.7 Å². The Bertz CT molecular complexity index is 1010. The molecule has 136 valence electrons. The molecule has 2 unspecified atom stereocenters. The summed E-state index contributed by atoms with van der Waals surface area (Å²) in [6.07, 6.45) is 4.39. The number of hydrogen-bond acceptors (Lipinski definition) is 6. The van der Waals surface area contributed by atoms with E-state index in [0.29, 0.717) is 5.69 Å². The van der Waals surface area contributed by atoms with Gasteiger partial charge in [-0.3, -0.25) is 4.79 Å². The van der Waals surface area contributed by atoms with Crippen molar-refractivity contribution in [3.63, 3.8) is 0 Å². The topological polar surface area (TPSA) is 163 Å². The van der Waals surface area contributed by atoms with Gasteiger partial charge < -0.3 is 20.8 Å². The molecule has 0 aromatic carbocycles. The molecule has 3 rings (SSSR count). The number of aromatic nitrogens is 1. The van der Waals surface area contributed by atoms with Crippen LogP contribution in [0.25, 0.3) is 5.70 Å². The van der Waals surface area contributed by atoms with Crippen LogP contribution in [0.2, 0.25) is 0 Å². The van der Waals surface area contributed by atoms with E-state index in [4.69, 9.17) is 20.4 Å². The third-order valence-corrected chi connectivity index (χ3v) is 4.30. The Morgan fingerprint density at radius 3 is 2.88 bits per heavy atom. The highest BCUT2D eigenvalue weighted by Gasteiger charge is 2.47. The molecule has 0 radical (unpaired) electrons. The first-order valence-corrected chi connectivity index (χ1v) is 9.19. The van der Waals surface area contributed by atoms with Crippen LogP contribution < -0.4 is 11.5 Å².